The number of benzene rings is 2. The number of fused-ring (bicyclic) bond motifs is 1. The summed E-state index contributed by atoms with van der Waals surface area (Å²) in [6.45, 7) is 9.88. The first kappa shape index (κ1) is 24.9. The van der Waals surface area contributed by atoms with E-state index >= 15 is 0 Å². The molecule has 0 spiro atoms. The predicted octanol–water partition coefficient (Wildman–Crippen LogP) is 5.84. The zero-order valence-electron chi connectivity index (χ0n) is 20.5. The number of anilines is 4. The third-order valence-corrected chi connectivity index (χ3v) is 6.91. The summed E-state index contributed by atoms with van der Waals surface area (Å²) in [4.78, 5) is 28.1. The van der Waals surface area contributed by atoms with Gasteiger partial charge < -0.3 is 15.0 Å². The minimum atomic E-state index is -0.214. The van der Waals surface area contributed by atoms with E-state index in [2.05, 4.69) is 50.0 Å². The van der Waals surface area contributed by atoms with Gasteiger partial charge in [-0.15, -0.1) is 0 Å². The summed E-state index contributed by atoms with van der Waals surface area (Å²) in [7, 11) is 1.73. The van der Waals surface area contributed by atoms with Crippen molar-refractivity contribution in [2.45, 2.75) is 26.8 Å². The molecular weight excluding hydrogens is 508 g/mol. The molecular formula is C26H31BrN6O2. The van der Waals surface area contributed by atoms with Crippen LogP contribution in [0.4, 0.5) is 27.9 Å². The van der Waals surface area contributed by atoms with Crippen LogP contribution in [-0.4, -0.2) is 54.2 Å². The van der Waals surface area contributed by atoms with Crippen LogP contribution in [0, 0.1) is 0 Å². The maximum Gasteiger partial charge on any atom is 0.330 e. The molecule has 1 N–H and O–H groups in total. The first-order valence-electron chi connectivity index (χ1n) is 11.8. The summed E-state index contributed by atoms with van der Waals surface area (Å²) >= 11 is 3.56. The zero-order valence-corrected chi connectivity index (χ0v) is 22.1. The number of ether oxygens (including phenoxy) is 1. The number of nitrogens with one attached hydrogen (secondary N) is 1. The van der Waals surface area contributed by atoms with E-state index in [1.165, 1.54) is 0 Å². The minimum Gasteiger partial charge on any atom is -0.492 e. The van der Waals surface area contributed by atoms with Crippen LogP contribution in [0.5, 0.6) is 5.75 Å². The molecule has 2 heterocycles. The molecule has 3 aromatic rings. The van der Waals surface area contributed by atoms with E-state index in [-0.39, 0.29) is 12.1 Å². The number of likely N-dealkylation sites (N-methyl/N-ethyl adjacent to an activating group) is 1. The summed E-state index contributed by atoms with van der Waals surface area (Å²) in [6, 6.07) is 15.1. The Labute approximate surface area is 215 Å². The number of carbonyl (C=O) groups is 1. The number of urea groups is 1. The molecule has 9 heteroatoms. The topological polar surface area (TPSA) is 73.8 Å². The smallest absolute Gasteiger partial charge is 0.330 e. The van der Waals surface area contributed by atoms with Crippen molar-refractivity contribution in [3.05, 3.63) is 64.8 Å². The summed E-state index contributed by atoms with van der Waals surface area (Å²) in [5.41, 5.74) is 2.53. The van der Waals surface area contributed by atoms with Crippen LogP contribution in [0.3, 0.4) is 0 Å². The highest BCUT2D eigenvalue weighted by atomic mass is 79.9. The number of halogens is 1. The van der Waals surface area contributed by atoms with Gasteiger partial charge in [-0.2, -0.15) is 4.98 Å². The van der Waals surface area contributed by atoms with Gasteiger partial charge in [0.05, 0.1) is 11.7 Å². The third kappa shape index (κ3) is 5.41. The third-order valence-electron chi connectivity index (χ3n) is 6.24. The van der Waals surface area contributed by atoms with Crippen LogP contribution in [0.25, 0.3) is 0 Å². The number of nitrogens with zero attached hydrogens (tertiary/aromatic N) is 5. The molecule has 0 bridgehead atoms. The Morgan fingerprint density at radius 2 is 1.83 bits per heavy atom. The quantitative estimate of drug-likeness (QED) is 0.368. The lowest BCUT2D eigenvalue weighted by molar-refractivity contribution is 0.223. The average Bonchev–Trinajstić information content (AvgIpc) is 2.87. The summed E-state index contributed by atoms with van der Waals surface area (Å²) in [5, 5.41) is 3.23. The number of hydrogen-bond acceptors (Lipinski definition) is 6. The van der Waals surface area contributed by atoms with Crippen molar-refractivity contribution in [1.29, 1.82) is 0 Å². The van der Waals surface area contributed by atoms with Gasteiger partial charge in [0.15, 0.2) is 0 Å². The maximum absolute atomic E-state index is 13.3. The SMILES string of the molecule is CCN(CC)CCOc1ccc(Nc2ncc3c(n2)N(C)C(=O)N(c2ccccc2Br)C3C)cc1. The molecule has 0 radical (unpaired) electrons. The Kier molecular flexibility index (Phi) is 7.87. The minimum absolute atomic E-state index is 0.146. The molecule has 0 aliphatic carbocycles. The van der Waals surface area contributed by atoms with E-state index in [1.54, 1.807) is 23.0 Å². The van der Waals surface area contributed by atoms with Gasteiger partial charge in [0.25, 0.3) is 0 Å². The number of aromatic nitrogens is 2. The summed E-state index contributed by atoms with van der Waals surface area (Å²) in [6.07, 6.45) is 1.78. The largest absolute Gasteiger partial charge is 0.492 e. The molecule has 0 fully saturated rings. The van der Waals surface area contributed by atoms with Gasteiger partial charge >= 0.3 is 6.03 Å². The highest BCUT2D eigenvalue weighted by Gasteiger charge is 2.36. The van der Waals surface area contributed by atoms with Crippen molar-refractivity contribution in [2.75, 3.05) is 48.4 Å². The Morgan fingerprint density at radius 1 is 1.11 bits per heavy atom. The van der Waals surface area contributed by atoms with Crippen LogP contribution in [0.15, 0.2) is 59.2 Å². The van der Waals surface area contributed by atoms with Crippen LogP contribution in [0.2, 0.25) is 0 Å². The molecule has 1 atom stereocenters. The standard InChI is InChI=1S/C26H31BrN6O2/c1-5-32(6-2)15-16-35-20-13-11-19(12-14-20)29-25-28-17-21-18(3)33(23-10-8-7-9-22(23)27)26(34)31(4)24(21)30-25/h7-14,17-18H,5-6,15-16H2,1-4H3,(H,28,29,30). The van der Waals surface area contributed by atoms with E-state index in [4.69, 9.17) is 4.74 Å². The molecule has 1 aliphatic heterocycles. The highest BCUT2D eigenvalue weighted by Crippen LogP contribution is 2.40. The van der Waals surface area contributed by atoms with Gasteiger partial charge in [-0.3, -0.25) is 9.80 Å². The fourth-order valence-corrected chi connectivity index (χ4v) is 4.59. The van der Waals surface area contributed by atoms with E-state index in [9.17, 15) is 4.79 Å². The molecule has 8 nitrogen and oxygen atoms in total. The molecule has 184 valence electrons. The summed E-state index contributed by atoms with van der Waals surface area (Å²) in [5.74, 6) is 1.85. The molecule has 1 aromatic heterocycles. The highest BCUT2D eigenvalue weighted by molar-refractivity contribution is 9.10. The number of rotatable bonds is 9. The van der Waals surface area contributed by atoms with Gasteiger partial charge in [-0.25, -0.2) is 9.78 Å². The van der Waals surface area contributed by atoms with Crippen LogP contribution in [0.1, 0.15) is 32.4 Å². The van der Waals surface area contributed by atoms with Gasteiger partial charge in [0.1, 0.15) is 18.2 Å². The lowest BCUT2D eigenvalue weighted by atomic mass is 10.1. The molecule has 0 saturated carbocycles. The van der Waals surface area contributed by atoms with Crippen molar-refractivity contribution in [1.82, 2.24) is 14.9 Å². The molecule has 2 aromatic carbocycles. The van der Waals surface area contributed by atoms with Gasteiger partial charge in [-0.1, -0.05) is 26.0 Å². The molecule has 0 saturated heterocycles. The van der Waals surface area contributed by atoms with Gasteiger partial charge in [0.2, 0.25) is 5.95 Å². The Morgan fingerprint density at radius 3 is 2.51 bits per heavy atom. The lowest BCUT2D eigenvalue weighted by Crippen LogP contribution is -2.48. The molecule has 35 heavy (non-hydrogen) atoms. The first-order valence-corrected chi connectivity index (χ1v) is 12.6. The van der Waals surface area contributed by atoms with Crippen molar-refractivity contribution < 1.29 is 9.53 Å². The van der Waals surface area contributed by atoms with Crippen molar-refractivity contribution in [3.8, 4) is 5.75 Å². The Hall–Kier alpha value is -3.17. The lowest BCUT2D eigenvalue weighted by Gasteiger charge is -2.39. The molecule has 4 rings (SSSR count). The van der Waals surface area contributed by atoms with Crippen molar-refractivity contribution in [2.24, 2.45) is 0 Å². The number of para-hydroxylation sites is 1. The number of hydrogen-bond donors (Lipinski definition) is 1. The fourth-order valence-electron chi connectivity index (χ4n) is 4.12. The van der Waals surface area contributed by atoms with Crippen LogP contribution < -0.4 is 19.9 Å². The Balaban J connectivity index is 1.47. The van der Waals surface area contributed by atoms with Gasteiger partial charge in [0, 0.05) is 35.5 Å². The maximum atomic E-state index is 13.3. The van der Waals surface area contributed by atoms with E-state index < -0.39 is 0 Å². The zero-order chi connectivity index (χ0) is 24.9. The number of carbonyl (C=O) groups excluding carboxylic acids is 1. The second kappa shape index (κ2) is 11.0. The van der Waals surface area contributed by atoms with E-state index in [0.717, 1.165) is 46.8 Å². The molecule has 1 aliphatic rings. The first-order chi connectivity index (χ1) is 16.9. The van der Waals surface area contributed by atoms with Crippen LogP contribution in [-0.2, 0) is 0 Å². The second-order valence-electron chi connectivity index (χ2n) is 8.34. The molecule has 2 amide bonds. The number of amides is 2. The van der Waals surface area contributed by atoms with Crippen molar-refractivity contribution in [3.63, 3.8) is 0 Å². The Bertz CT molecular complexity index is 1170. The summed E-state index contributed by atoms with van der Waals surface area (Å²) < 4.78 is 6.72. The normalized spacial score (nSPS) is 15.4. The van der Waals surface area contributed by atoms with Gasteiger partial charge in [-0.05, 0) is 72.3 Å². The van der Waals surface area contributed by atoms with Crippen molar-refractivity contribution >= 4 is 45.1 Å². The molecule has 1 unspecified atom stereocenters. The van der Waals surface area contributed by atoms with E-state index in [0.29, 0.717) is 18.4 Å². The second-order valence-corrected chi connectivity index (χ2v) is 9.19. The fraction of sp³-hybridized carbons (Fsp3) is 0.346. The van der Waals surface area contributed by atoms with Crippen LogP contribution >= 0.6 is 15.9 Å². The average molecular weight is 539 g/mol. The predicted molar refractivity (Wildman–Crippen MR) is 144 cm³/mol. The van der Waals surface area contributed by atoms with E-state index in [1.807, 2.05) is 55.5 Å². The monoisotopic (exact) mass is 538 g/mol.